The summed E-state index contributed by atoms with van der Waals surface area (Å²) in [5.41, 5.74) is 2.04. The minimum atomic E-state index is -0.257. The van der Waals surface area contributed by atoms with E-state index in [1.165, 1.54) is 13.2 Å². The molecule has 110 valence electrons. The second-order valence-corrected chi connectivity index (χ2v) is 5.36. The number of furan rings is 1. The highest BCUT2D eigenvalue weighted by Gasteiger charge is 2.13. The van der Waals surface area contributed by atoms with Gasteiger partial charge in [0.1, 0.15) is 0 Å². The van der Waals surface area contributed by atoms with Crippen molar-refractivity contribution in [1.29, 1.82) is 0 Å². The minimum absolute atomic E-state index is 0.00762. The summed E-state index contributed by atoms with van der Waals surface area (Å²) in [5.74, 6) is -0.264. The molecule has 0 saturated carbocycles. The van der Waals surface area contributed by atoms with Gasteiger partial charge in [-0.1, -0.05) is 12.1 Å². The van der Waals surface area contributed by atoms with Crippen molar-refractivity contribution in [3.63, 3.8) is 0 Å². The van der Waals surface area contributed by atoms with Crippen molar-refractivity contribution in [2.45, 2.75) is 13.5 Å². The zero-order valence-electron chi connectivity index (χ0n) is 11.7. The van der Waals surface area contributed by atoms with E-state index in [4.69, 9.17) is 4.42 Å². The maximum absolute atomic E-state index is 12.1. The highest BCUT2D eigenvalue weighted by molar-refractivity contribution is 9.10. The number of halogens is 1. The molecule has 0 aliphatic carbocycles. The predicted molar refractivity (Wildman–Crippen MR) is 83.0 cm³/mol. The number of anilines is 1. The number of amides is 2. The summed E-state index contributed by atoms with van der Waals surface area (Å²) >= 11 is 3.17. The first-order valence-electron chi connectivity index (χ1n) is 6.32. The standard InChI is InChI=1S/C15H15BrN2O3/c1-10(19)18(2)9-11-4-3-5-12(8-11)17-15(20)13-6-7-21-14(13)16/h3-8H,9H2,1-2H3,(H,17,20). The molecule has 6 heteroatoms. The van der Waals surface area contributed by atoms with Crippen LogP contribution in [-0.4, -0.2) is 23.8 Å². The van der Waals surface area contributed by atoms with Crippen LogP contribution in [0, 0.1) is 0 Å². The first kappa shape index (κ1) is 15.3. The zero-order chi connectivity index (χ0) is 15.4. The lowest BCUT2D eigenvalue weighted by Gasteiger charge is -2.15. The van der Waals surface area contributed by atoms with Crippen LogP contribution >= 0.6 is 15.9 Å². The molecule has 5 nitrogen and oxygen atoms in total. The lowest BCUT2D eigenvalue weighted by Crippen LogP contribution is -2.23. The van der Waals surface area contributed by atoms with E-state index in [2.05, 4.69) is 21.2 Å². The van der Waals surface area contributed by atoms with Crippen LogP contribution in [0.2, 0.25) is 0 Å². The van der Waals surface area contributed by atoms with E-state index >= 15 is 0 Å². The number of carbonyl (C=O) groups is 2. The molecule has 1 heterocycles. The molecular weight excluding hydrogens is 336 g/mol. The van der Waals surface area contributed by atoms with Crippen LogP contribution < -0.4 is 5.32 Å². The van der Waals surface area contributed by atoms with Gasteiger partial charge in [-0.05, 0) is 39.7 Å². The van der Waals surface area contributed by atoms with Gasteiger partial charge in [0.2, 0.25) is 5.91 Å². The number of carbonyl (C=O) groups excluding carboxylic acids is 2. The molecule has 2 aromatic rings. The van der Waals surface area contributed by atoms with Crippen molar-refractivity contribution < 1.29 is 14.0 Å². The van der Waals surface area contributed by atoms with Crippen LogP contribution in [0.25, 0.3) is 0 Å². The SMILES string of the molecule is CC(=O)N(C)Cc1cccc(NC(=O)c2ccoc2Br)c1. The molecular formula is C15H15BrN2O3. The fourth-order valence-electron chi connectivity index (χ4n) is 1.79. The number of hydrogen-bond acceptors (Lipinski definition) is 3. The molecule has 1 N–H and O–H groups in total. The molecule has 0 aliphatic heterocycles. The van der Waals surface area contributed by atoms with Gasteiger partial charge in [0, 0.05) is 26.2 Å². The summed E-state index contributed by atoms with van der Waals surface area (Å²) in [5, 5.41) is 2.80. The fraction of sp³-hybridized carbons (Fsp3) is 0.200. The zero-order valence-corrected chi connectivity index (χ0v) is 13.3. The number of nitrogens with one attached hydrogen (secondary N) is 1. The van der Waals surface area contributed by atoms with E-state index in [0.29, 0.717) is 22.5 Å². The third-order valence-corrected chi connectivity index (χ3v) is 3.62. The van der Waals surface area contributed by atoms with Gasteiger partial charge in [-0.25, -0.2) is 0 Å². The molecule has 1 aromatic carbocycles. The Kier molecular flexibility index (Phi) is 4.80. The third kappa shape index (κ3) is 3.95. The van der Waals surface area contributed by atoms with E-state index in [1.807, 2.05) is 18.2 Å². The molecule has 2 amide bonds. The Labute approximate surface area is 131 Å². The molecule has 21 heavy (non-hydrogen) atoms. The van der Waals surface area contributed by atoms with E-state index in [9.17, 15) is 9.59 Å². The lowest BCUT2D eigenvalue weighted by atomic mass is 10.2. The van der Waals surface area contributed by atoms with Crippen LogP contribution in [0.1, 0.15) is 22.8 Å². The minimum Gasteiger partial charge on any atom is -0.457 e. The van der Waals surface area contributed by atoms with Gasteiger partial charge >= 0.3 is 0 Å². The van der Waals surface area contributed by atoms with Crippen LogP contribution in [0.4, 0.5) is 5.69 Å². The largest absolute Gasteiger partial charge is 0.457 e. The average molecular weight is 351 g/mol. The molecule has 1 aromatic heterocycles. The molecule has 0 saturated heterocycles. The number of nitrogens with zero attached hydrogens (tertiary/aromatic N) is 1. The van der Waals surface area contributed by atoms with Crippen molar-refractivity contribution in [3.8, 4) is 0 Å². The summed E-state index contributed by atoms with van der Waals surface area (Å²) in [6.07, 6.45) is 1.44. The monoisotopic (exact) mass is 350 g/mol. The van der Waals surface area contributed by atoms with Crippen LogP contribution in [-0.2, 0) is 11.3 Å². The smallest absolute Gasteiger partial charge is 0.260 e. The summed E-state index contributed by atoms with van der Waals surface area (Å²) in [7, 11) is 1.73. The summed E-state index contributed by atoms with van der Waals surface area (Å²) in [6.45, 7) is 2.01. The number of rotatable bonds is 4. The molecule has 0 unspecified atom stereocenters. The normalized spacial score (nSPS) is 10.2. The van der Waals surface area contributed by atoms with Gasteiger partial charge < -0.3 is 14.6 Å². The van der Waals surface area contributed by atoms with Gasteiger partial charge in [0.25, 0.3) is 5.91 Å². The predicted octanol–water partition coefficient (Wildman–Crippen LogP) is 3.27. The van der Waals surface area contributed by atoms with Gasteiger partial charge in [-0.15, -0.1) is 0 Å². The molecule has 0 bridgehead atoms. The highest BCUT2D eigenvalue weighted by Crippen LogP contribution is 2.20. The first-order chi connectivity index (χ1) is 9.97. The third-order valence-electron chi connectivity index (χ3n) is 3.00. The van der Waals surface area contributed by atoms with Gasteiger partial charge in [-0.2, -0.15) is 0 Å². The summed E-state index contributed by atoms with van der Waals surface area (Å²) < 4.78 is 5.43. The van der Waals surface area contributed by atoms with Gasteiger partial charge in [-0.3, -0.25) is 9.59 Å². The van der Waals surface area contributed by atoms with E-state index in [-0.39, 0.29) is 11.8 Å². The van der Waals surface area contributed by atoms with E-state index < -0.39 is 0 Å². The maximum Gasteiger partial charge on any atom is 0.260 e. The Hall–Kier alpha value is -2.08. The average Bonchev–Trinajstić information content (AvgIpc) is 2.85. The Morgan fingerprint density at radius 3 is 2.71 bits per heavy atom. The van der Waals surface area contributed by atoms with Crippen molar-refractivity contribution in [2.75, 3.05) is 12.4 Å². The molecule has 2 rings (SSSR count). The molecule has 0 aliphatic rings. The fourth-order valence-corrected chi connectivity index (χ4v) is 2.21. The summed E-state index contributed by atoms with van der Waals surface area (Å²) in [4.78, 5) is 24.9. The van der Waals surface area contributed by atoms with Crippen LogP contribution in [0.3, 0.4) is 0 Å². The van der Waals surface area contributed by atoms with E-state index in [0.717, 1.165) is 5.56 Å². The number of hydrogen-bond donors (Lipinski definition) is 1. The van der Waals surface area contributed by atoms with E-state index in [1.54, 1.807) is 24.1 Å². The Bertz CT molecular complexity index is 666. The van der Waals surface area contributed by atoms with Gasteiger partial charge in [0.05, 0.1) is 11.8 Å². The maximum atomic E-state index is 12.1. The van der Waals surface area contributed by atoms with Crippen molar-refractivity contribution in [3.05, 3.63) is 52.4 Å². The van der Waals surface area contributed by atoms with Crippen molar-refractivity contribution in [2.24, 2.45) is 0 Å². The number of benzene rings is 1. The quantitative estimate of drug-likeness (QED) is 0.920. The topological polar surface area (TPSA) is 62.6 Å². The van der Waals surface area contributed by atoms with Crippen LogP contribution in [0.15, 0.2) is 45.7 Å². The Morgan fingerprint density at radius 2 is 2.10 bits per heavy atom. The lowest BCUT2D eigenvalue weighted by molar-refractivity contribution is -0.128. The van der Waals surface area contributed by atoms with Crippen LogP contribution in [0.5, 0.6) is 0 Å². The second kappa shape index (κ2) is 6.58. The van der Waals surface area contributed by atoms with Crippen molar-refractivity contribution in [1.82, 2.24) is 4.90 Å². The molecule has 0 fully saturated rings. The molecule has 0 radical (unpaired) electrons. The molecule has 0 atom stereocenters. The highest BCUT2D eigenvalue weighted by atomic mass is 79.9. The Balaban J connectivity index is 2.09. The molecule has 0 spiro atoms. The van der Waals surface area contributed by atoms with Gasteiger partial charge in [0.15, 0.2) is 4.67 Å². The Morgan fingerprint density at radius 1 is 1.33 bits per heavy atom. The van der Waals surface area contributed by atoms with Crippen molar-refractivity contribution >= 4 is 33.4 Å². The second-order valence-electron chi connectivity index (χ2n) is 4.64. The summed E-state index contributed by atoms with van der Waals surface area (Å²) in [6, 6.07) is 8.97. The first-order valence-corrected chi connectivity index (χ1v) is 7.11.